The summed E-state index contributed by atoms with van der Waals surface area (Å²) in [5.74, 6) is -2.55. The number of hydrogen-bond donors (Lipinski definition) is 1. The van der Waals surface area contributed by atoms with Gasteiger partial charge in [-0.3, -0.25) is 4.79 Å². The summed E-state index contributed by atoms with van der Waals surface area (Å²) in [5.41, 5.74) is 0.102. The Labute approximate surface area is 228 Å². The predicted molar refractivity (Wildman–Crippen MR) is 138 cm³/mol. The zero-order valence-corrected chi connectivity index (χ0v) is 22.0. The van der Waals surface area contributed by atoms with Crippen molar-refractivity contribution < 1.29 is 36.6 Å². The number of halogens is 5. The van der Waals surface area contributed by atoms with Gasteiger partial charge < -0.3 is 19.5 Å². The Morgan fingerprint density at radius 3 is 2.36 bits per heavy atom. The van der Waals surface area contributed by atoms with Crippen LogP contribution in [0.5, 0.6) is 17.2 Å². The molecule has 1 fully saturated rings. The second kappa shape index (κ2) is 12.1. The molecule has 1 aromatic heterocycles. The largest absolute Gasteiger partial charge is 0.494 e. The van der Waals surface area contributed by atoms with Crippen LogP contribution in [0, 0.1) is 5.82 Å². The standard InChI is InChI=1S/C28H27ClF4N2O4/c1-37-24-12-10-22(35-26(24)16-7-9-21(30)20(29)13-16)19(28(31,32)33)15-34-27(36)17-8-11-23(25(14-17)38-2)39-18-5-3-4-6-18/h7-14,18-19H,3-6,15H2,1-2H3,(H,34,36). The van der Waals surface area contributed by atoms with E-state index in [0.717, 1.165) is 31.7 Å². The van der Waals surface area contributed by atoms with Crippen LogP contribution in [0.3, 0.4) is 0 Å². The summed E-state index contributed by atoms with van der Waals surface area (Å²) in [5, 5.41) is 2.14. The van der Waals surface area contributed by atoms with Crippen LogP contribution in [-0.4, -0.2) is 43.9 Å². The Morgan fingerprint density at radius 2 is 1.72 bits per heavy atom. The number of aromatic nitrogens is 1. The lowest BCUT2D eigenvalue weighted by atomic mass is 10.0. The van der Waals surface area contributed by atoms with Gasteiger partial charge in [-0.2, -0.15) is 13.2 Å². The van der Waals surface area contributed by atoms with Gasteiger partial charge in [0.05, 0.1) is 31.0 Å². The van der Waals surface area contributed by atoms with Gasteiger partial charge in [0, 0.05) is 17.7 Å². The Bertz CT molecular complexity index is 1330. The average Bonchev–Trinajstić information content (AvgIpc) is 3.42. The fourth-order valence-electron chi connectivity index (χ4n) is 4.45. The molecule has 0 spiro atoms. The Kier molecular flexibility index (Phi) is 8.84. The first kappa shape index (κ1) is 28.5. The summed E-state index contributed by atoms with van der Waals surface area (Å²) in [4.78, 5) is 17.0. The number of hydrogen-bond acceptors (Lipinski definition) is 5. The average molecular weight is 567 g/mol. The van der Waals surface area contributed by atoms with Gasteiger partial charge in [0.1, 0.15) is 23.2 Å². The number of amides is 1. The summed E-state index contributed by atoms with van der Waals surface area (Å²) >= 11 is 5.86. The van der Waals surface area contributed by atoms with Crippen molar-refractivity contribution in [2.75, 3.05) is 20.8 Å². The van der Waals surface area contributed by atoms with Gasteiger partial charge in [-0.15, -0.1) is 0 Å². The van der Waals surface area contributed by atoms with E-state index >= 15 is 0 Å². The number of nitrogens with one attached hydrogen (secondary N) is 1. The second-order valence-electron chi connectivity index (χ2n) is 9.11. The van der Waals surface area contributed by atoms with E-state index in [1.165, 1.54) is 50.6 Å². The molecule has 3 aromatic rings. The molecular weight excluding hydrogens is 540 g/mol. The van der Waals surface area contributed by atoms with E-state index in [0.29, 0.717) is 11.5 Å². The quantitative estimate of drug-likeness (QED) is 0.284. The molecule has 4 rings (SSSR count). The van der Waals surface area contributed by atoms with E-state index < -0.39 is 30.4 Å². The van der Waals surface area contributed by atoms with Crippen LogP contribution in [-0.2, 0) is 0 Å². The molecule has 0 bridgehead atoms. The molecule has 1 N–H and O–H groups in total. The van der Waals surface area contributed by atoms with E-state index in [1.54, 1.807) is 6.07 Å². The van der Waals surface area contributed by atoms with E-state index in [9.17, 15) is 22.4 Å². The molecule has 2 aromatic carbocycles. The van der Waals surface area contributed by atoms with Gasteiger partial charge in [-0.25, -0.2) is 9.37 Å². The zero-order valence-electron chi connectivity index (χ0n) is 21.3. The molecule has 1 saturated carbocycles. The SMILES string of the molecule is COc1cc(C(=O)NCC(c2ccc(OC)c(-c3ccc(F)c(Cl)c3)n2)C(F)(F)F)ccc1OC1CCCC1. The van der Waals surface area contributed by atoms with E-state index in [4.69, 9.17) is 25.8 Å². The minimum absolute atomic E-state index is 0.0556. The van der Waals surface area contributed by atoms with Crippen LogP contribution < -0.4 is 19.5 Å². The molecule has 0 saturated heterocycles. The van der Waals surface area contributed by atoms with Gasteiger partial charge in [0.2, 0.25) is 0 Å². The molecular formula is C28H27ClF4N2O4. The highest BCUT2D eigenvalue weighted by molar-refractivity contribution is 6.31. The summed E-state index contributed by atoms with van der Waals surface area (Å²) in [6, 6.07) is 10.7. The predicted octanol–water partition coefficient (Wildman–Crippen LogP) is 6.96. The van der Waals surface area contributed by atoms with Crippen LogP contribution >= 0.6 is 11.6 Å². The first-order valence-corrected chi connectivity index (χ1v) is 12.7. The molecule has 1 unspecified atom stereocenters. The first-order chi connectivity index (χ1) is 18.6. The number of ether oxygens (including phenoxy) is 3. The fourth-order valence-corrected chi connectivity index (χ4v) is 4.63. The summed E-state index contributed by atoms with van der Waals surface area (Å²) in [6.07, 6.45) is -0.645. The highest BCUT2D eigenvalue weighted by Gasteiger charge is 2.42. The molecule has 39 heavy (non-hydrogen) atoms. The van der Waals surface area contributed by atoms with Gasteiger partial charge >= 0.3 is 6.18 Å². The lowest BCUT2D eigenvalue weighted by molar-refractivity contribution is -0.149. The third-order valence-corrected chi connectivity index (χ3v) is 6.82. The van der Waals surface area contributed by atoms with Crippen LogP contribution in [0.2, 0.25) is 5.02 Å². The molecule has 208 valence electrons. The maximum atomic E-state index is 14.1. The number of pyridine rings is 1. The van der Waals surface area contributed by atoms with Crippen molar-refractivity contribution in [1.82, 2.24) is 10.3 Å². The monoisotopic (exact) mass is 566 g/mol. The summed E-state index contributed by atoms with van der Waals surface area (Å²) in [7, 11) is 2.77. The highest BCUT2D eigenvalue weighted by Crippen LogP contribution is 2.38. The molecule has 1 aliphatic carbocycles. The molecule has 6 nitrogen and oxygen atoms in total. The molecule has 11 heteroatoms. The summed E-state index contributed by atoms with van der Waals surface area (Å²) < 4.78 is 72.6. The topological polar surface area (TPSA) is 69.7 Å². The van der Waals surface area contributed by atoms with E-state index in [-0.39, 0.29) is 39.4 Å². The van der Waals surface area contributed by atoms with Crippen molar-refractivity contribution in [3.63, 3.8) is 0 Å². The highest BCUT2D eigenvalue weighted by atomic mass is 35.5. The molecule has 1 amide bonds. The van der Waals surface area contributed by atoms with Gasteiger partial charge in [0.15, 0.2) is 11.5 Å². The maximum absolute atomic E-state index is 14.1. The van der Waals surface area contributed by atoms with Crippen LogP contribution in [0.15, 0.2) is 48.5 Å². The number of benzene rings is 2. The van der Waals surface area contributed by atoms with E-state index in [1.807, 2.05) is 0 Å². The van der Waals surface area contributed by atoms with Crippen molar-refractivity contribution in [1.29, 1.82) is 0 Å². The molecule has 0 aliphatic heterocycles. The Morgan fingerprint density at radius 1 is 1.03 bits per heavy atom. The number of rotatable bonds is 9. The number of carbonyl (C=O) groups is 1. The number of alkyl halides is 3. The van der Waals surface area contributed by atoms with Gasteiger partial charge in [-0.05, 0) is 74.2 Å². The van der Waals surface area contributed by atoms with Crippen molar-refractivity contribution in [3.05, 3.63) is 70.6 Å². The van der Waals surface area contributed by atoms with Gasteiger partial charge in [0.25, 0.3) is 5.91 Å². The molecule has 1 atom stereocenters. The van der Waals surface area contributed by atoms with Crippen LogP contribution in [0.25, 0.3) is 11.3 Å². The third-order valence-electron chi connectivity index (χ3n) is 6.53. The lowest BCUT2D eigenvalue weighted by Crippen LogP contribution is -2.35. The second-order valence-corrected chi connectivity index (χ2v) is 9.52. The van der Waals surface area contributed by atoms with Crippen LogP contribution in [0.1, 0.15) is 47.7 Å². The van der Waals surface area contributed by atoms with Crippen molar-refractivity contribution >= 4 is 17.5 Å². The maximum Gasteiger partial charge on any atom is 0.398 e. The fraction of sp³-hybridized carbons (Fsp3) is 0.357. The smallest absolute Gasteiger partial charge is 0.398 e. The van der Waals surface area contributed by atoms with Crippen molar-refractivity contribution in [3.8, 4) is 28.5 Å². The van der Waals surface area contributed by atoms with Crippen molar-refractivity contribution in [2.45, 2.75) is 43.9 Å². The Hall–Kier alpha value is -3.53. The van der Waals surface area contributed by atoms with E-state index in [2.05, 4.69) is 10.3 Å². The minimum Gasteiger partial charge on any atom is -0.494 e. The minimum atomic E-state index is -4.73. The number of methoxy groups -OCH3 is 2. The lowest BCUT2D eigenvalue weighted by Gasteiger charge is -2.22. The zero-order chi connectivity index (χ0) is 28.2. The molecule has 1 aliphatic rings. The number of carbonyl (C=O) groups excluding carboxylic acids is 1. The van der Waals surface area contributed by atoms with Gasteiger partial charge in [-0.1, -0.05) is 11.6 Å². The third kappa shape index (κ3) is 6.73. The first-order valence-electron chi connectivity index (χ1n) is 12.3. The van der Waals surface area contributed by atoms with Crippen LogP contribution in [0.4, 0.5) is 17.6 Å². The molecule has 1 heterocycles. The normalized spacial score (nSPS) is 14.6. The Balaban J connectivity index is 1.55. The summed E-state index contributed by atoms with van der Waals surface area (Å²) in [6.45, 7) is -0.770. The molecule has 0 radical (unpaired) electrons. The van der Waals surface area contributed by atoms with Crippen molar-refractivity contribution in [2.24, 2.45) is 0 Å². The number of nitrogens with zero attached hydrogens (tertiary/aromatic N) is 1.